The first-order valence-corrected chi connectivity index (χ1v) is 13.5. The van der Waals surface area contributed by atoms with Crippen molar-refractivity contribution in [2.24, 2.45) is 0 Å². The van der Waals surface area contributed by atoms with E-state index in [4.69, 9.17) is 13.9 Å². The number of nitrogens with zero attached hydrogens (tertiary/aromatic N) is 2. The Hall–Kier alpha value is -2.65. The van der Waals surface area contributed by atoms with E-state index in [1.165, 1.54) is 10.4 Å². The molecule has 0 bridgehead atoms. The molecule has 1 aromatic carbocycles. The van der Waals surface area contributed by atoms with Gasteiger partial charge in [0.05, 0.1) is 31.6 Å². The van der Waals surface area contributed by atoms with Gasteiger partial charge in [0.25, 0.3) is 0 Å². The summed E-state index contributed by atoms with van der Waals surface area (Å²) in [6, 6.07) is 14.0. The molecule has 5 rings (SSSR count). The molecule has 2 unspecified atom stereocenters. The molecule has 3 aromatic rings. The van der Waals surface area contributed by atoms with Crippen LogP contribution in [0.2, 0.25) is 0 Å². The van der Waals surface area contributed by atoms with Crippen LogP contribution in [0.25, 0.3) is 0 Å². The van der Waals surface area contributed by atoms with Crippen molar-refractivity contribution in [3.05, 3.63) is 75.9 Å². The van der Waals surface area contributed by atoms with E-state index in [9.17, 15) is 9.90 Å². The molecule has 36 heavy (non-hydrogen) atoms. The number of aliphatic hydroxyl groups is 1. The van der Waals surface area contributed by atoms with Crippen LogP contribution in [0.15, 0.2) is 58.5 Å². The Bertz CT molecular complexity index is 1130. The number of benzene rings is 1. The second kappa shape index (κ2) is 11.6. The van der Waals surface area contributed by atoms with Gasteiger partial charge < -0.3 is 23.9 Å². The third kappa shape index (κ3) is 6.37. The van der Waals surface area contributed by atoms with Crippen LogP contribution in [0.1, 0.15) is 40.6 Å². The van der Waals surface area contributed by atoms with E-state index in [0.717, 1.165) is 36.3 Å². The van der Waals surface area contributed by atoms with E-state index in [1.807, 2.05) is 48.2 Å². The van der Waals surface area contributed by atoms with Crippen LogP contribution in [0, 0.1) is 6.92 Å². The molecule has 2 atom stereocenters. The van der Waals surface area contributed by atoms with Crippen molar-refractivity contribution in [2.45, 2.75) is 51.0 Å². The van der Waals surface area contributed by atoms with E-state index >= 15 is 0 Å². The molecule has 7 nitrogen and oxygen atoms in total. The summed E-state index contributed by atoms with van der Waals surface area (Å²) in [5, 5.41) is 12.7. The summed E-state index contributed by atoms with van der Waals surface area (Å²) in [6.45, 7) is 4.38. The van der Waals surface area contributed by atoms with Gasteiger partial charge in [0.2, 0.25) is 5.91 Å². The van der Waals surface area contributed by atoms with Gasteiger partial charge in [0.15, 0.2) is 0 Å². The van der Waals surface area contributed by atoms with Gasteiger partial charge in [-0.3, -0.25) is 9.69 Å². The van der Waals surface area contributed by atoms with Crippen LogP contribution in [-0.4, -0.2) is 65.8 Å². The van der Waals surface area contributed by atoms with Crippen LogP contribution in [0.4, 0.5) is 0 Å². The van der Waals surface area contributed by atoms with E-state index in [1.54, 1.807) is 17.6 Å². The van der Waals surface area contributed by atoms with Gasteiger partial charge in [-0.2, -0.15) is 0 Å². The molecule has 0 spiro atoms. The first kappa shape index (κ1) is 25.0. The molecule has 2 aliphatic rings. The minimum Gasteiger partial charge on any atom is -0.491 e. The number of aryl methyl sites for hydroxylation is 1. The maximum Gasteiger partial charge on any atom is 0.237 e. The zero-order valence-corrected chi connectivity index (χ0v) is 21.5. The predicted octanol–water partition coefficient (Wildman–Crippen LogP) is 4.20. The van der Waals surface area contributed by atoms with Crippen molar-refractivity contribution < 1.29 is 23.8 Å². The number of amides is 1. The SMILES string of the molecule is Cc1cccc(OCC2c3ccsc3CCN2C(=O)CN(CC(O)COCc2ccco2)C2CC2)c1. The molecular formula is C28H34N2O5S. The quantitative estimate of drug-likeness (QED) is 0.394. The maximum absolute atomic E-state index is 13.6. The summed E-state index contributed by atoms with van der Waals surface area (Å²) < 4.78 is 17.1. The highest BCUT2D eigenvalue weighted by atomic mass is 32.1. The topological polar surface area (TPSA) is 75.4 Å². The number of furan rings is 1. The van der Waals surface area contributed by atoms with E-state index in [0.29, 0.717) is 38.9 Å². The molecule has 1 amide bonds. The average Bonchev–Trinajstić information content (AvgIpc) is 3.36. The fourth-order valence-corrected chi connectivity index (χ4v) is 5.74. The fraction of sp³-hybridized carbons (Fsp3) is 0.464. The van der Waals surface area contributed by atoms with Crippen molar-refractivity contribution in [3.63, 3.8) is 0 Å². The van der Waals surface area contributed by atoms with E-state index in [-0.39, 0.29) is 18.6 Å². The lowest BCUT2D eigenvalue weighted by molar-refractivity contribution is -0.136. The molecule has 3 heterocycles. The second-order valence-electron chi connectivity index (χ2n) is 9.69. The van der Waals surface area contributed by atoms with Gasteiger partial charge in [-0.1, -0.05) is 12.1 Å². The van der Waals surface area contributed by atoms with Crippen LogP contribution in [0.3, 0.4) is 0 Å². The fourth-order valence-electron chi connectivity index (χ4n) is 4.82. The third-order valence-electron chi connectivity index (χ3n) is 6.79. The number of aliphatic hydroxyl groups excluding tert-OH is 1. The van der Waals surface area contributed by atoms with Crippen molar-refractivity contribution in [2.75, 3.05) is 32.8 Å². The van der Waals surface area contributed by atoms with Crippen molar-refractivity contribution in [3.8, 4) is 5.75 Å². The Kier molecular flexibility index (Phi) is 8.06. The highest BCUT2D eigenvalue weighted by molar-refractivity contribution is 7.10. The number of hydrogen-bond donors (Lipinski definition) is 1. The van der Waals surface area contributed by atoms with Gasteiger partial charge in [0, 0.05) is 24.0 Å². The Labute approximate surface area is 216 Å². The number of fused-ring (bicyclic) bond motifs is 1. The molecule has 8 heteroatoms. The largest absolute Gasteiger partial charge is 0.491 e. The number of carbonyl (C=O) groups is 1. The number of ether oxygens (including phenoxy) is 2. The molecule has 1 aliphatic heterocycles. The van der Waals surface area contributed by atoms with Crippen molar-refractivity contribution in [1.82, 2.24) is 9.80 Å². The number of thiophene rings is 1. The summed E-state index contributed by atoms with van der Waals surface area (Å²) in [7, 11) is 0. The summed E-state index contributed by atoms with van der Waals surface area (Å²) in [5.41, 5.74) is 2.34. The summed E-state index contributed by atoms with van der Waals surface area (Å²) in [6.07, 6.45) is 3.92. The molecule has 1 fully saturated rings. The minimum atomic E-state index is -0.668. The van der Waals surface area contributed by atoms with Crippen molar-refractivity contribution >= 4 is 17.2 Å². The zero-order valence-electron chi connectivity index (χ0n) is 20.7. The molecule has 192 valence electrons. The molecule has 1 aliphatic carbocycles. The van der Waals surface area contributed by atoms with Gasteiger partial charge in [-0.15, -0.1) is 11.3 Å². The second-order valence-corrected chi connectivity index (χ2v) is 10.7. The van der Waals surface area contributed by atoms with Crippen LogP contribution < -0.4 is 4.74 Å². The van der Waals surface area contributed by atoms with Crippen molar-refractivity contribution in [1.29, 1.82) is 0 Å². The van der Waals surface area contributed by atoms with Crippen LogP contribution in [0.5, 0.6) is 5.75 Å². The Morgan fingerprint density at radius 1 is 1.28 bits per heavy atom. The normalized spacial score (nSPS) is 18.3. The molecule has 0 radical (unpaired) electrons. The lowest BCUT2D eigenvalue weighted by Gasteiger charge is -2.37. The highest BCUT2D eigenvalue weighted by Crippen LogP contribution is 2.35. The molecule has 0 saturated heterocycles. The monoisotopic (exact) mass is 510 g/mol. The average molecular weight is 511 g/mol. The van der Waals surface area contributed by atoms with Gasteiger partial charge in [-0.25, -0.2) is 0 Å². The first-order chi connectivity index (χ1) is 17.6. The zero-order chi connectivity index (χ0) is 24.9. The molecule has 2 aromatic heterocycles. The van der Waals surface area contributed by atoms with Crippen LogP contribution in [-0.2, 0) is 22.6 Å². The highest BCUT2D eigenvalue weighted by Gasteiger charge is 2.36. The van der Waals surface area contributed by atoms with E-state index < -0.39 is 6.10 Å². The lowest BCUT2D eigenvalue weighted by atomic mass is 10.0. The number of hydrogen-bond acceptors (Lipinski definition) is 7. The smallest absolute Gasteiger partial charge is 0.237 e. The third-order valence-corrected chi connectivity index (χ3v) is 7.79. The summed E-state index contributed by atoms with van der Waals surface area (Å²) in [5.74, 6) is 1.63. The summed E-state index contributed by atoms with van der Waals surface area (Å²) >= 11 is 1.75. The maximum atomic E-state index is 13.6. The molecule has 1 saturated carbocycles. The first-order valence-electron chi connectivity index (χ1n) is 12.6. The van der Waals surface area contributed by atoms with Gasteiger partial charge in [0.1, 0.15) is 24.7 Å². The van der Waals surface area contributed by atoms with Gasteiger partial charge in [-0.05, 0) is 73.0 Å². The standard InChI is InChI=1S/C28H34N2O5S/c1-20-4-2-5-23(14-20)35-19-26-25-10-13-36-27(25)9-11-30(26)28(32)16-29(21-7-8-21)15-22(31)17-33-18-24-6-3-12-34-24/h2-6,10,12-14,21-22,26,31H,7-9,11,15-19H2,1H3. The minimum absolute atomic E-state index is 0.0836. The molecular weight excluding hydrogens is 476 g/mol. The Morgan fingerprint density at radius 3 is 2.94 bits per heavy atom. The lowest BCUT2D eigenvalue weighted by Crippen LogP contribution is -2.48. The molecule has 1 N–H and O–H groups in total. The Balaban J connectivity index is 1.20. The number of rotatable bonds is 12. The van der Waals surface area contributed by atoms with Crippen LogP contribution >= 0.6 is 11.3 Å². The predicted molar refractivity (Wildman–Crippen MR) is 138 cm³/mol. The number of carbonyl (C=O) groups excluding carboxylic acids is 1. The van der Waals surface area contributed by atoms with E-state index in [2.05, 4.69) is 16.3 Å². The Morgan fingerprint density at radius 2 is 2.17 bits per heavy atom. The summed E-state index contributed by atoms with van der Waals surface area (Å²) in [4.78, 5) is 19.0. The van der Waals surface area contributed by atoms with Gasteiger partial charge >= 0.3 is 0 Å².